The molecule has 0 spiro atoms. The fourth-order valence-corrected chi connectivity index (χ4v) is 3.57. The highest BCUT2D eigenvalue weighted by molar-refractivity contribution is 6.31. The SMILES string of the molecule is CC1(c2cccc(Nc3cc(F)cc4cc(Cl)cnc34)c2)CNCC(N)O1.Cl. The van der Waals surface area contributed by atoms with E-state index in [1.165, 1.54) is 12.1 Å². The number of hydrogen-bond donors (Lipinski definition) is 3. The smallest absolute Gasteiger partial charge is 0.126 e. The number of hydrogen-bond acceptors (Lipinski definition) is 5. The van der Waals surface area contributed by atoms with Gasteiger partial charge in [-0.25, -0.2) is 4.39 Å². The molecule has 1 saturated heterocycles. The third-order valence-electron chi connectivity index (χ3n) is 4.69. The van der Waals surface area contributed by atoms with Gasteiger partial charge in [0, 0.05) is 30.4 Å². The first-order valence-electron chi connectivity index (χ1n) is 8.69. The number of morpholine rings is 1. The summed E-state index contributed by atoms with van der Waals surface area (Å²) in [5.74, 6) is -0.358. The molecule has 28 heavy (non-hydrogen) atoms. The second-order valence-electron chi connectivity index (χ2n) is 6.90. The molecule has 1 aliphatic rings. The first-order valence-corrected chi connectivity index (χ1v) is 9.07. The molecule has 0 bridgehead atoms. The van der Waals surface area contributed by atoms with Gasteiger partial charge in [-0.3, -0.25) is 4.98 Å². The van der Waals surface area contributed by atoms with Gasteiger partial charge in [-0.2, -0.15) is 0 Å². The molecule has 0 radical (unpaired) electrons. The van der Waals surface area contributed by atoms with Gasteiger partial charge in [0.1, 0.15) is 17.6 Å². The van der Waals surface area contributed by atoms with Gasteiger partial charge in [-0.15, -0.1) is 12.4 Å². The van der Waals surface area contributed by atoms with Crippen molar-refractivity contribution in [1.29, 1.82) is 0 Å². The lowest BCUT2D eigenvalue weighted by molar-refractivity contribution is -0.107. The monoisotopic (exact) mass is 422 g/mol. The van der Waals surface area contributed by atoms with Crippen LogP contribution in [0.3, 0.4) is 0 Å². The first kappa shape index (κ1) is 20.8. The van der Waals surface area contributed by atoms with Gasteiger partial charge in [0.2, 0.25) is 0 Å². The number of aromatic nitrogens is 1. The Hall–Kier alpha value is -1.96. The van der Waals surface area contributed by atoms with E-state index < -0.39 is 5.60 Å². The van der Waals surface area contributed by atoms with Gasteiger partial charge < -0.3 is 21.1 Å². The lowest BCUT2D eigenvalue weighted by atomic mass is 9.94. The van der Waals surface area contributed by atoms with E-state index in [-0.39, 0.29) is 24.5 Å². The van der Waals surface area contributed by atoms with Crippen molar-refractivity contribution in [1.82, 2.24) is 10.3 Å². The van der Waals surface area contributed by atoms with E-state index in [0.717, 1.165) is 11.3 Å². The standard InChI is InChI=1S/C20H20ClFN4O.ClH/c1-20(11-24-10-18(23)27-20)13-3-2-4-16(7-13)26-17-8-15(22)6-12-5-14(21)9-25-19(12)17;/h2-9,18,24,26H,10-11,23H2,1H3;1H. The van der Waals surface area contributed by atoms with Gasteiger partial charge >= 0.3 is 0 Å². The third-order valence-corrected chi connectivity index (χ3v) is 4.89. The Morgan fingerprint density at radius 3 is 2.93 bits per heavy atom. The number of benzene rings is 2. The van der Waals surface area contributed by atoms with E-state index in [2.05, 4.69) is 15.6 Å². The highest BCUT2D eigenvalue weighted by Gasteiger charge is 2.33. The van der Waals surface area contributed by atoms with Crippen molar-refractivity contribution < 1.29 is 9.13 Å². The van der Waals surface area contributed by atoms with Crippen molar-refractivity contribution >= 4 is 46.3 Å². The number of halogens is 3. The Morgan fingerprint density at radius 2 is 2.14 bits per heavy atom. The quantitative estimate of drug-likeness (QED) is 0.586. The number of nitrogens with one attached hydrogen (secondary N) is 2. The predicted octanol–water partition coefficient (Wildman–Crippen LogP) is 4.31. The van der Waals surface area contributed by atoms with Gasteiger partial charge in [-0.1, -0.05) is 23.7 Å². The number of nitrogens with two attached hydrogens (primary N) is 1. The molecule has 1 aliphatic heterocycles. The molecule has 1 fully saturated rings. The zero-order valence-corrected chi connectivity index (χ0v) is 16.8. The van der Waals surface area contributed by atoms with E-state index in [1.54, 1.807) is 12.3 Å². The predicted molar refractivity (Wildman–Crippen MR) is 113 cm³/mol. The maximum absolute atomic E-state index is 14.1. The van der Waals surface area contributed by atoms with Gasteiger partial charge in [0.25, 0.3) is 0 Å². The molecule has 0 saturated carbocycles. The zero-order valence-electron chi connectivity index (χ0n) is 15.2. The number of anilines is 2. The molecule has 3 aromatic rings. The topological polar surface area (TPSA) is 72.2 Å². The molecule has 4 N–H and O–H groups in total. The van der Waals surface area contributed by atoms with Crippen LogP contribution in [0.15, 0.2) is 48.7 Å². The number of pyridine rings is 1. The van der Waals surface area contributed by atoms with Crippen molar-refractivity contribution in [3.63, 3.8) is 0 Å². The second-order valence-corrected chi connectivity index (χ2v) is 7.34. The van der Waals surface area contributed by atoms with Crippen LogP contribution in [0.4, 0.5) is 15.8 Å². The average Bonchev–Trinajstić information content (AvgIpc) is 2.61. The molecule has 0 aliphatic carbocycles. The molecule has 2 atom stereocenters. The number of fused-ring (bicyclic) bond motifs is 1. The van der Waals surface area contributed by atoms with Crippen molar-refractivity contribution in [3.05, 3.63) is 65.1 Å². The van der Waals surface area contributed by atoms with Crippen LogP contribution < -0.4 is 16.4 Å². The molecule has 8 heteroatoms. The Balaban J connectivity index is 0.00000225. The lowest BCUT2D eigenvalue weighted by Crippen LogP contribution is -2.53. The summed E-state index contributed by atoms with van der Waals surface area (Å²) in [5, 5.41) is 7.65. The summed E-state index contributed by atoms with van der Waals surface area (Å²) >= 11 is 5.98. The van der Waals surface area contributed by atoms with E-state index in [9.17, 15) is 4.39 Å². The van der Waals surface area contributed by atoms with E-state index in [4.69, 9.17) is 22.1 Å². The minimum atomic E-state index is -0.537. The molecular formula is C20H21Cl2FN4O. The molecule has 148 valence electrons. The molecule has 0 amide bonds. The molecule has 2 unspecified atom stereocenters. The van der Waals surface area contributed by atoms with Crippen molar-refractivity contribution in [3.8, 4) is 0 Å². The molecule has 4 rings (SSSR count). The molecular weight excluding hydrogens is 402 g/mol. The highest BCUT2D eigenvalue weighted by atomic mass is 35.5. The summed E-state index contributed by atoms with van der Waals surface area (Å²) in [5.41, 5.74) is 8.41. The summed E-state index contributed by atoms with van der Waals surface area (Å²) in [6, 6.07) is 12.3. The van der Waals surface area contributed by atoms with Crippen LogP contribution in [0.1, 0.15) is 12.5 Å². The number of rotatable bonds is 3. The maximum Gasteiger partial charge on any atom is 0.126 e. The van der Waals surface area contributed by atoms with Gasteiger partial charge in [0.05, 0.1) is 16.2 Å². The Kier molecular flexibility index (Phi) is 6.07. The van der Waals surface area contributed by atoms with Crippen molar-refractivity contribution in [2.75, 3.05) is 18.4 Å². The number of nitrogens with zero attached hydrogens (tertiary/aromatic N) is 1. The van der Waals surface area contributed by atoms with Crippen LogP contribution in [-0.2, 0) is 10.3 Å². The maximum atomic E-state index is 14.1. The Morgan fingerprint density at radius 1 is 1.32 bits per heavy atom. The zero-order chi connectivity index (χ0) is 19.0. The molecule has 2 heterocycles. The van der Waals surface area contributed by atoms with E-state index in [0.29, 0.717) is 34.7 Å². The van der Waals surface area contributed by atoms with E-state index >= 15 is 0 Å². The van der Waals surface area contributed by atoms with Gasteiger partial charge in [0.15, 0.2) is 0 Å². The Labute approximate surface area is 173 Å². The van der Waals surface area contributed by atoms with E-state index in [1.807, 2.05) is 31.2 Å². The first-order chi connectivity index (χ1) is 12.9. The Bertz CT molecular complexity index is 998. The van der Waals surface area contributed by atoms with Crippen LogP contribution in [0.25, 0.3) is 10.9 Å². The average molecular weight is 423 g/mol. The largest absolute Gasteiger partial charge is 0.354 e. The van der Waals surface area contributed by atoms with Crippen LogP contribution >= 0.6 is 24.0 Å². The lowest BCUT2D eigenvalue weighted by Gasteiger charge is -2.38. The summed E-state index contributed by atoms with van der Waals surface area (Å²) in [4.78, 5) is 4.34. The fraction of sp³-hybridized carbons (Fsp3) is 0.250. The molecule has 5 nitrogen and oxygen atoms in total. The normalized spacial score (nSPS) is 21.9. The van der Waals surface area contributed by atoms with Crippen LogP contribution in [0.2, 0.25) is 5.02 Å². The summed E-state index contributed by atoms with van der Waals surface area (Å²) in [6.07, 6.45) is 1.19. The van der Waals surface area contributed by atoms with Crippen LogP contribution in [-0.4, -0.2) is 24.3 Å². The minimum absolute atomic E-state index is 0. The number of ether oxygens (including phenoxy) is 1. The van der Waals surface area contributed by atoms with Crippen molar-refractivity contribution in [2.24, 2.45) is 5.73 Å². The summed E-state index contributed by atoms with van der Waals surface area (Å²) in [7, 11) is 0. The van der Waals surface area contributed by atoms with Gasteiger partial charge in [-0.05, 0) is 42.8 Å². The second kappa shape index (κ2) is 8.19. The third kappa shape index (κ3) is 4.21. The van der Waals surface area contributed by atoms with Crippen LogP contribution in [0.5, 0.6) is 0 Å². The summed E-state index contributed by atoms with van der Waals surface area (Å²) in [6.45, 7) is 3.28. The fourth-order valence-electron chi connectivity index (χ4n) is 3.40. The van der Waals surface area contributed by atoms with Crippen molar-refractivity contribution in [2.45, 2.75) is 18.8 Å². The van der Waals surface area contributed by atoms with Crippen LogP contribution in [0, 0.1) is 5.82 Å². The minimum Gasteiger partial charge on any atom is -0.354 e. The molecule has 2 aromatic carbocycles. The highest BCUT2D eigenvalue weighted by Crippen LogP contribution is 2.32. The molecule has 1 aromatic heterocycles. The summed E-state index contributed by atoms with van der Waals surface area (Å²) < 4.78 is 20.0.